The molecule has 1 amide bonds. The quantitative estimate of drug-likeness (QED) is 0.847. The second kappa shape index (κ2) is 8.60. The van der Waals surface area contributed by atoms with Gasteiger partial charge in [0.05, 0.1) is 31.0 Å². The van der Waals surface area contributed by atoms with Crippen molar-refractivity contribution < 1.29 is 14.3 Å². The van der Waals surface area contributed by atoms with Crippen LogP contribution < -0.4 is 10.2 Å². The van der Waals surface area contributed by atoms with Gasteiger partial charge >= 0.3 is 0 Å². The number of hydrogen-bond acceptors (Lipinski definition) is 6. The van der Waals surface area contributed by atoms with E-state index < -0.39 is 0 Å². The summed E-state index contributed by atoms with van der Waals surface area (Å²) in [4.78, 5) is 21.2. The maximum absolute atomic E-state index is 12.3. The zero-order chi connectivity index (χ0) is 17.6. The summed E-state index contributed by atoms with van der Waals surface area (Å²) in [5.74, 6) is 0.822. The van der Waals surface area contributed by atoms with E-state index in [1.54, 1.807) is 6.20 Å². The van der Waals surface area contributed by atoms with Gasteiger partial charge < -0.3 is 19.7 Å². The Kier molecular flexibility index (Phi) is 6.23. The first-order chi connectivity index (χ1) is 12.1. The minimum absolute atomic E-state index is 0.0731. The summed E-state index contributed by atoms with van der Waals surface area (Å²) in [6.07, 6.45) is 2.03. The van der Waals surface area contributed by atoms with Crippen molar-refractivity contribution in [2.75, 3.05) is 57.4 Å². The van der Waals surface area contributed by atoms with Crippen LogP contribution in [0.5, 0.6) is 0 Å². The minimum Gasteiger partial charge on any atom is -0.379 e. The molecule has 7 heteroatoms. The molecule has 0 bridgehead atoms. The number of pyridine rings is 1. The zero-order valence-corrected chi connectivity index (χ0v) is 15.1. The van der Waals surface area contributed by atoms with Gasteiger partial charge in [0, 0.05) is 45.5 Å². The van der Waals surface area contributed by atoms with Gasteiger partial charge in [-0.25, -0.2) is 4.98 Å². The zero-order valence-electron chi connectivity index (χ0n) is 15.1. The van der Waals surface area contributed by atoms with Crippen LogP contribution in [-0.4, -0.2) is 80.5 Å². The number of carbonyl (C=O) groups excluding carboxylic acids is 1. The molecule has 0 aliphatic carbocycles. The molecule has 0 aromatic carbocycles. The van der Waals surface area contributed by atoms with Crippen LogP contribution in [0.1, 0.15) is 24.2 Å². The number of anilines is 1. The van der Waals surface area contributed by atoms with Crippen LogP contribution in [0.25, 0.3) is 0 Å². The predicted molar refractivity (Wildman–Crippen MR) is 96.1 cm³/mol. The Hall–Kier alpha value is -1.70. The van der Waals surface area contributed by atoms with E-state index in [4.69, 9.17) is 9.47 Å². The van der Waals surface area contributed by atoms with Gasteiger partial charge in [-0.2, -0.15) is 0 Å². The van der Waals surface area contributed by atoms with Gasteiger partial charge in [0.25, 0.3) is 5.91 Å². The van der Waals surface area contributed by atoms with Gasteiger partial charge in [-0.15, -0.1) is 0 Å². The first-order valence-corrected chi connectivity index (χ1v) is 9.06. The van der Waals surface area contributed by atoms with E-state index in [0.717, 1.165) is 51.8 Å². The SMILES string of the molecule is C[C@@H]1CN(c2ccc(C(=O)NCCN3CCOCC3)cn2)C[C@H](C)O1. The van der Waals surface area contributed by atoms with E-state index in [1.165, 1.54) is 0 Å². The third-order valence-corrected chi connectivity index (χ3v) is 4.57. The summed E-state index contributed by atoms with van der Waals surface area (Å²) in [6, 6.07) is 3.76. The molecule has 1 aromatic heterocycles. The molecule has 3 rings (SSSR count). The molecule has 2 saturated heterocycles. The second-order valence-electron chi connectivity index (χ2n) is 6.78. The molecular weight excluding hydrogens is 320 g/mol. The van der Waals surface area contributed by atoms with Gasteiger partial charge in [-0.1, -0.05) is 0 Å². The number of ether oxygens (including phenoxy) is 2. The Morgan fingerprint density at radius 2 is 1.96 bits per heavy atom. The average molecular weight is 348 g/mol. The predicted octanol–water partition coefficient (Wildman–Crippen LogP) is 0.757. The lowest BCUT2D eigenvalue weighted by Crippen LogP contribution is -2.45. The van der Waals surface area contributed by atoms with Crippen molar-refractivity contribution >= 4 is 11.7 Å². The van der Waals surface area contributed by atoms with Gasteiger partial charge in [0.2, 0.25) is 0 Å². The van der Waals surface area contributed by atoms with E-state index in [1.807, 2.05) is 12.1 Å². The van der Waals surface area contributed by atoms with Gasteiger partial charge in [-0.05, 0) is 26.0 Å². The van der Waals surface area contributed by atoms with Gasteiger partial charge in [0.1, 0.15) is 5.82 Å². The first kappa shape index (κ1) is 18.1. The Labute approximate surface area is 149 Å². The fourth-order valence-electron chi connectivity index (χ4n) is 3.33. The molecule has 0 saturated carbocycles. The number of aromatic nitrogens is 1. The molecule has 1 N–H and O–H groups in total. The van der Waals surface area contributed by atoms with E-state index >= 15 is 0 Å². The van der Waals surface area contributed by atoms with Crippen molar-refractivity contribution in [3.8, 4) is 0 Å². The topological polar surface area (TPSA) is 66.9 Å². The molecule has 2 atom stereocenters. The highest BCUT2D eigenvalue weighted by atomic mass is 16.5. The molecule has 0 spiro atoms. The van der Waals surface area contributed by atoms with Crippen molar-refractivity contribution in [3.63, 3.8) is 0 Å². The van der Waals surface area contributed by atoms with Crippen LogP contribution in [0.15, 0.2) is 18.3 Å². The number of hydrogen-bond donors (Lipinski definition) is 1. The molecule has 25 heavy (non-hydrogen) atoms. The highest BCUT2D eigenvalue weighted by molar-refractivity contribution is 5.94. The standard InChI is InChI=1S/C18H28N4O3/c1-14-12-22(13-15(2)25-14)17-4-3-16(11-20-17)18(23)19-5-6-21-7-9-24-10-8-21/h3-4,11,14-15H,5-10,12-13H2,1-2H3,(H,19,23)/t14-,15+. The smallest absolute Gasteiger partial charge is 0.252 e. The van der Waals surface area contributed by atoms with E-state index in [2.05, 4.69) is 33.9 Å². The van der Waals surface area contributed by atoms with Crippen LogP contribution in [0.3, 0.4) is 0 Å². The van der Waals surface area contributed by atoms with Crippen LogP contribution in [-0.2, 0) is 9.47 Å². The van der Waals surface area contributed by atoms with E-state index in [0.29, 0.717) is 12.1 Å². The molecule has 3 heterocycles. The number of nitrogens with zero attached hydrogens (tertiary/aromatic N) is 3. The monoisotopic (exact) mass is 348 g/mol. The highest BCUT2D eigenvalue weighted by Gasteiger charge is 2.23. The van der Waals surface area contributed by atoms with Crippen LogP contribution >= 0.6 is 0 Å². The Morgan fingerprint density at radius 3 is 2.60 bits per heavy atom. The molecule has 0 radical (unpaired) electrons. The van der Waals surface area contributed by atoms with Crippen LogP contribution in [0.4, 0.5) is 5.82 Å². The summed E-state index contributed by atoms with van der Waals surface area (Å²) >= 11 is 0. The molecular formula is C18H28N4O3. The Balaban J connectivity index is 1.48. The summed E-state index contributed by atoms with van der Waals surface area (Å²) in [5.41, 5.74) is 0.597. The molecule has 2 fully saturated rings. The van der Waals surface area contributed by atoms with Gasteiger partial charge in [0.15, 0.2) is 0 Å². The van der Waals surface area contributed by atoms with Crippen molar-refractivity contribution in [1.29, 1.82) is 0 Å². The Morgan fingerprint density at radius 1 is 1.24 bits per heavy atom. The van der Waals surface area contributed by atoms with Gasteiger partial charge in [-0.3, -0.25) is 9.69 Å². The number of morpholine rings is 2. The third-order valence-electron chi connectivity index (χ3n) is 4.57. The lowest BCUT2D eigenvalue weighted by Gasteiger charge is -2.36. The third kappa shape index (κ3) is 5.14. The van der Waals surface area contributed by atoms with Crippen molar-refractivity contribution in [3.05, 3.63) is 23.9 Å². The molecule has 1 aromatic rings. The highest BCUT2D eigenvalue weighted by Crippen LogP contribution is 2.18. The fourth-order valence-corrected chi connectivity index (χ4v) is 3.33. The fraction of sp³-hybridized carbons (Fsp3) is 0.667. The van der Waals surface area contributed by atoms with E-state index in [9.17, 15) is 4.79 Å². The van der Waals surface area contributed by atoms with E-state index in [-0.39, 0.29) is 18.1 Å². The minimum atomic E-state index is -0.0731. The summed E-state index contributed by atoms with van der Waals surface area (Å²) in [7, 11) is 0. The normalized spacial score (nSPS) is 25.0. The van der Waals surface area contributed by atoms with Crippen LogP contribution in [0, 0.1) is 0 Å². The van der Waals surface area contributed by atoms with Crippen LogP contribution in [0.2, 0.25) is 0 Å². The van der Waals surface area contributed by atoms with Crippen molar-refractivity contribution in [2.45, 2.75) is 26.1 Å². The summed E-state index contributed by atoms with van der Waals surface area (Å²) in [6.45, 7) is 10.7. The summed E-state index contributed by atoms with van der Waals surface area (Å²) < 4.78 is 11.1. The summed E-state index contributed by atoms with van der Waals surface area (Å²) in [5, 5.41) is 2.96. The number of nitrogens with one attached hydrogen (secondary N) is 1. The largest absolute Gasteiger partial charge is 0.379 e. The maximum atomic E-state index is 12.3. The van der Waals surface area contributed by atoms with Crippen molar-refractivity contribution in [1.82, 2.24) is 15.2 Å². The lowest BCUT2D eigenvalue weighted by molar-refractivity contribution is -0.00546. The number of carbonyl (C=O) groups is 1. The molecule has 2 aliphatic rings. The molecule has 2 aliphatic heterocycles. The number of amides is 1. The second-order valence-corrected chi connectivity index (χ2v) is 6.78. The first-order valence-electron chi connectivity index (χ1n) is 9.06. The lowest BCUT2D eigenvalue weighted by atomic mass is 10.2. The molecule has 7 nitrogen and oxygen atoms in total. The number of rotatable bonds is 5. The molecule has 138 valence electrons. The Bertz CT molecular complexity index is 550. The van der Waals surface area contributed by atoms with Crippen molar-refractivity contribution in [2.24, 2.45) is 0 Å². The average Bonchev–Trinajstić information content (AvgIpc) is 2.62. The maximum Gasteiger partial charge on any atom is 0.252 e. The molecule has 0 unspecified atom stereocenters.